The van der Waals surface area contributed by atoms with E-state index in [-0.39, 0.29) is 0 Å². The number of halogens is 1. The second kappa shape index (κ2) is 4.35. The van der Waals surface area contributed by atoms with E-state index < -0.39 is 0 Å². The van der Waals surface area contributed by atoms with Crippen molar-refractivity contribution < 1.29 is 0 Å². The van der Waals surface area contributed by atoms with Crippen LogP contribution in [0.25, 0.3) is 0 Å². The molecule has 1 saturated carbocycles. The second-order valence-electron chi connectivity index (χ2n) is 2.96. The first-order valence-corrected chi connectivity index (χ1v) is 5.30. The Hall–Kier alpha value is 0.440. The molecule has 1 aliphatic carbocycles. The van der Waals surface area contributed by atoms with E-state index in [1.165, 1.54) is 32.4 Å². The monoisotopic (exact) mass is 205 g/mol. The molecule has 1 aliphatic rings. The summed E-state index contributed by atoms with van der Waals surface area (Å²) in [4.78, 5) is 2.59. The molecule has 0 saturated heterocycles. The van der Waals surface area contributed by atoms with Crippen LogP contribution < -0.4 is 0 Å². The smallest absolute Gasteiger partial charge is 0.0159 e. The minimum absolute atomic E-state index is 0.942. The summed E-state index contributed by atoms with van der Waals surface area (Å²) in [6.07, 6.45) is 4.17. The molecule has 0 aromatic heterocycles. The Morgan fingerprint density at radius 1 is 1.40 bits per heavy atom. The molecule has 60 valence electrons. The lowest BCUT2D eigenvalue weighted by atomic mass is 10.4. The largest absolute Gasteiger partial charge is 0.300 e. The summed E-state index contributed by atoms with van der Waals surface area (Å²) in [5.41, 5.74) is 0. The normalized spacial score (nSPS) is 18.3. The van der Waals surface area contributed by atoms with Gasteiger partial charge in [-0.25, -0.2) is 0 Å². The van der Waals surface area contributed by atoms with E-state index in [4.69, 9.17) is 0 Å². The molecule has 1 rings (SSSR count). The standard InChI is InChI=1S/C8H16BrN/c1-2-6-10(7-5-9)8-3-4-8/h8H,2-7H2,1H3. The van der Waals surface area contributed by atoms with Crippen LogP contribution >= 0.6 is 15.9 Å². The van der Waals surface area contributed by atoms with Gasteiger partial charge in [0.05, 0.1) is 0 Å². The molecule has 1 fully saturated rings. The molecule has 10 heavy (non-hydrogen) atoms. The van der Waals surface area contributed by atoms with E-state index in [1.807, 2.05) is 0 Å². The Morgan fingerprint density at radius 3 is 2.50 bits per heavy atom. The van der Waals surface area contributed by atoms with E-state index in [0.717, 1.165) is 11.4 Å². The second-order valence-corrected chi connectivity index (χ2v) is 3.75. The average Bonchev–Trinajstić information content (AvgIpc) is 2.69. The first-order chi connectivity index (χ1) is 4.88. The first kappa shape index (κ1) is 8.54. The molecule has 0 heterocycles. The fraction of sp³-hybridized carbons (Fsp3) is 1.00. The van der Waals surface area contributed by atoms with E-state index >= 15 is 0 Å². The summed E-state index contributed by atoms with van der Waals surface area (Å²) in [5, 5.41) is 1.13. The van der Waals surface area contributed by atoms with E-state index in [9.17, 15) is 0 Å². The lowest BCUT2D eigenvalue weighted by Gasteiger charge is -2.19. The molecule has 0 spiro atoms. The molecular formula is C8H16BrN. The van der Waals surface area contributed by atoms with Crippen molar-refractivity contribution in [2.45, 2.75) is 32.2 Å². The molecule has 0 N–H and O–H groups in total. The van der Waals surface area contributed by atoms with Gasteiger partial charge in [0, 0.05) is 17.9 Å². The lowest BCUT2D eigenvalue weighted by molar-refractivity contribution is 0.281. The van der Waals surface area contributed by atoms with Crippen molar-refractivity contribution in [1.29, 1.82) is 0 Å². The molecule has 1 nitrogen and oxygen atoms in total. The summed E-state index contributed by atoms with van der Waals surface area (Å²) in [5.74, 6) is 0. The number of hydrogen-bond acceptors (Lipinski definition) is 1. The van der Waals surface area contributed by atoms with Crippen molar-refractivity contribution in [2.24, 2.45) is 0 Å². The highest BCUT2D eigenvalue weighted by atomic mass is 79.9. The van der Waals surface area contributed by atoms with Crippen LogP contribution in [0.15, 0.2) is 0 Å². The first-order valence-electron chi connectivity index (χ1n) is 4.18. The maximum atomic E-state index is 3.47. The quantitative estimate of drug-likeness (QED) is 0.623. The van der Waals surface area contributed by atoms with Gasteiger partial charge in [0.15, 0.2) is 0 Å². The molecule has 0 bridgehead atoms. The van der Waals surface area contributed by atoms with Crippen LogP contribution in [0.5, 0.6) is 0 Å². The minimum Gasteiger partial charge on any atom is -0.300 e. The van der Waals surface area contributed by atoms with Gasteiger partial charge in [-0.2, -0.15) is 0 Å². The predicted octanol–water partition coefficient (Wildman–Crippen LogP) is 2.26. The van der Waals surface area contributed by atoms with Crippen molar-refractivity contribution in [2.75, 3.05) is 18.4 Å². The molecular weight excluding hydrogens is 190 g/mol. The van der Waals surface area contributed by atoms with Crippen molar-refractivity contribution in [3.63, 3.8) is 0 Å². The zero-order valence-electron chi connectivity index (χ0n) is 6.65. The highest BCUT2D eigenvalue weighted by Crippen LogP contribution is 2.26. The van der Waals surface area contributed by atoms with Crippen LogP contribution in [0.4, 0.5) is 0 Å². The maximum Gasteiger partial charge on any atom is 0.0159 e. The molecule has 2 heteroatoms. The Bertz CT molecular complexity index is 85.3. The van der Waals surface area contributed by atoms with Gasteiger partial charge < -0.3 is 0 Å². The SMILES string of the molecule is CCCN(CCBr)C1CC1. The zero-order chi connectivity index (χ0) is 7.40. The van der Waals surface area contributed by atoms with Gasteiger partial charge in [0.25, 0.3) is 0 Å². The van der Waals surface area contributed by atoms with Crippen LogP contribution in [0.2, 0.25) is 0 Å². The summed E-state index contributed by atoms with van der Waals surface area (Å²) in [7, 11) is 0. The number of hydrogen-bond donors (Lipinski definition) is 0. The highest BCUT2D eigenvalue weighted by molar-refractivity contribution is 9.09. The Labute approximate surface area is 71.9 Å². The third-order valence-electron chi connectivity index (χ3n) is 1.95. The third-order valence-corrected chi connectivity index (χ3v) is 2.30. The van der Waals surface area contributed by atoms with Crippen LogP contribution in [0.1, 0.15) is 26.2 Å². The molecule has 0 radical (unpaired) electrons. The van der Waals surface area contributed by atoms with Gasteiger partial charge in [-0.1, -0.05) is 22.9 Å². The van der Waals surface area contributed by atoms with Gasteiger partial charge >= 0.3 is 0 Å². The van der Waals surface area contributed by atoms with E-state index in [2.05, 4.69) is 27.8 Å². The third kappa shape index (κ3) is 2.59. The molecule has 0 amide bonds. The van der Waals surface area contributed by atoms with Crippen LogP contribution in [-0.2, 0) is 0 Å². The van der Waals surface area contributed by atoms with Crippen molar-refractivity contribution in [3.8, 4) is 0 Å². The van der Waals surface area contributed by atoms with Crippen LogP contribution in [0, 0.1) is 0 Å². The fourth-order valence-corrected chi connectivity index (χ4v) is 1.77. The zero-order valence-corrected chi connectivity index (χ0v) is 8.23. The Morgan fingerprint density at radius 2 is 2.10 bits per heavy atom. The summed E-state index contributed by atoms with van der Waals surface area (Å²) in [6, 6.07) is 0.942. The summed E-state index contributed by atoms with van der Waals surface area (Å²) < 4.78 is 0. The van der Waals surface area contributed by atoms with Crippen molar-refractivity contribution in [3.05, 3.63) is 0 Å². The van der Waals surface area contributed by atoms with Gasteiger partial charge in [0.1, 0.15) is 0 Å². The van der Waals surface area contributed by atoms with Crippen molar-refractivity contribution >= 4 is 15.9 Å². The van der Waals surface area contributed by atoms with Gasteiger partial charge in [0.2, 0.25) is 0 Å². The Balaban J connectivity index is 2.13. The van der Waals surface area contributed by atoms with Crippen LogP contribution in [0.3, 0.4) is 0 Å². The number of rotatable bonds is 5. The average molecular weight is 206 g/mol. The predicted molar refractivity (Wildman–Crippen MR) is 48.7 cm³/mol. The molecule has 0 aromatic rings. The van der Waals surface area contributed by atoms with Crippen molar-refractivity contribution in [1.82, 2.24) is 4.90 Å². The highest BCUT2D eigenvalue weighted by Gasteiger charge is 2.27. The summed E-state index contributed by atoms with van der Waals surface area (Å²) >= 11 is 3.47. The fourth-order valence-electron chi connectivity index (χ4n) is 1.31. The maximum absolute atomic E-state index is 3.47. The van der Waals surface area contributed by atoms with Crippen LogP contribution in [-0.4, -0.2) is 29.4 Å². The number of nitrogens with zero attached hydrogens (tertiary/aromatic N) is 1. The van der Waals surface area contributed by atoms with Gasteiger partial charge in [-0.15, -0.1) is 0 Å². The Kier molecular flexibility index (Phi) is 3.71. The van der Waals surface area contributed by atoms with Gasteiger partial charge in [-0.3, -0.25) is 4.90 Å². The lowest BCUT2D eigenvalue weighted by Crippen LogP contribution is -2.28. The molecule has 0 aliphatic heterocycles. The van der Waals surface area contributed by atoms with E-state index in [0.29, 0.717) is 0 Å². The number of alkyl halides is 1. The topological polar surface area (TPSA) is 3.24 Å². The summed E-state index contributed by atoms with van der Waals surface area (Å²) in [6.45, 7) is 4.78. The molecule has 0 unspecified atom stereocenters. The van der Waals surface area contributed by atoms with Gasteiger partial charge in [-0.05, 0) is 25.8 Å². The molecule has 0 aromatic carbocycles. The molecule has 0 atom stereocenters. The minimum atomic E-state index is 0.942. The van der Waals surface area contributed by atoms with E-state index in [1.54, 1.807) is 0 Å².